The monoisotopic (exact) mass is 379 g/mol. The van der Waals surface area contributed by atoms with E-state index in [1.54, 1.807) is 12.4 Å². The van der Waals surface area contributed by atoms with Crippen LogP contribution in [0.3, 0.4) is 0 Å². The number of aromatic nitrogens is 1. The molecular formula is C18H25N3O4S. The van der Waals surface area contributed by atoms with Crippen LogP contribution >= 0.6 is 0 Å². The van der Waals surface area contributed by atoms with Crippen molar-refractivity contribution in [2.24, 2.45) is 5.92 Å². The zero-order valence-corrected chi connectivity index (χ0v) is 15.7. The molecule has 8 heteroatoms. The fourth-order valence-corrected chi connectivity index (χ4v) is 5.52. The van der Waals surface area contributed by atoms with E-state index in [0.717, 1.165) is 18.4 Å². The van der Waals surface area contributed by atoms with E-state index < -0.39 is 10.0 Å². The molecule has 0 radical (unpaired) electrons. The summed E-state index contributed by atoms with van der Waals surface area (Å²) in [5.74, 6) is -0.0613. The second-order valence-corrected chi connectivity index (χ2v) is 9.55. The Morgan fingerprint density at radius 3 is 2.46 bits per heavy atom. The highest BCUT2D eigenvalue weighted by Gasteiger charge is 2.52. The summed E-state index contributed by atoms with van der Waals surface area (Å²) in [6.07, 6.45) is 8.07. The summed E-state index contributed by atoms with van der Waals surface area (Å²) in [5, 5.41) is 3.16. The van der Waals surface area contributed by atoms with Crippen molar-refractivity contribution in [1.29, 1.82) is 0 Å². The molecule has 0 unspecified atom stereocenters. The number of hydrogen-bond donors (Lipinski definition) is 1. The van der Waals surface area contributed by atoms with Gasteiger partial charge in [0.2, 0.25) is 15.9 Å². The Kier molecular flexibility index (Phi) is 4.75. The molecule has 0 aliphatic carbocycles. The van der Waals surface area contributed by atoms with Gasteiger partial charge in [-0.25, -0.2) is 12.7 Å². The molecule has 1 aromatic rings. The summed E-state index contributed by atoms with van der Waals surface area (Å²) >= 11 is 0. The molecule has 1 amide bonds. The van der Waals surface area contributed by atoms with Gasteiger partial charge in [-0.1, -0.05) is 0 Å². The van der Waals surface area contributed by atoms with E-state index in [1.165, 1.54) is 10.6 Å². The first-order chi connectivity index (χ1) is 12.4. The number of amides is 1. The SMILES string of the molecule is CS(=O)(=O)N1CCC(NC(=O)[C@H]2[C@H](c3ccncc3)[C@@H]3CC[C@H]2O3)CC1. The first-order valence-corrected chi connectivity index (χ1v) is 11.1. The fraction of sp³-hybridized carbons (Fsp3) is 0.667. The lowest BCUT2D eigenvalue weighted by atomic mass is 9.75. The Hall–Kier alpha value is -1.51. The Morgan fingerprint density at radius 2 is 1.81 bits per heavy atom. The van der Waals surface area contributed by atoms with Crippen molar-refractivity contribution >= 4 is 15.9 Å². The second-order valence-electron chi connectivity index (χ2n) is 7.57. The maximum atomic E-state index is 13.0. The van der Waals surface area contributed by atoms with Crippen LogP contribution < -0.4 is 5.32 Å². The number of carbonyl (C=O) groups excluding carboxylic acids is 1. The summed E-state index contributed by atoms with van der Waals surface area (Å²) < 4.78 is 30.8. The zero-order chi connectivity index (χ0) is 18.3. The van der Waals surface area contributed by atoms with Gasteiger partial charge in [-0.3, -0.25) is 9.78 Å². The fourth-order valence-electron chi connectivity index (χ4n) is 4.65. The van der Waals surface area contributed by atoms with Crippen molar-refractivity contribution in [3.8, 4) is 0 Å². The summed E-state index contributed by atoms with van der Waals surface area (Å²) in [6.45, 7) is 0.926. The summed E-state index contributed by atoms with van der Waals surface area (Å²) in [4.78, 5) is 17.1. The number of nitrogens with one attached hydrogen (secondary N) is 1. The second kappa shape index (κ2) is 6.90. The van der Waals surface area contributed by atoms with E-state index >= 15 is 0 Å². The minimum atomic E-state index is -3.15. The molecule has 7 nitrogen and oxygen atoms in total. The molecular weight excluding hydrogens is 354 g/mol. The van der Waals surface area contributed by atoms with Crippen molar-refractivity contribution in [3.05, 3.63) is 30.1 Å². The number of carbonyl (C=O) groups is 1. The minimum absolute atomic E-state index is 0.0192. The molecule has 3 saturated heterocycles. The average Bonchev–Trinajstić information content (AvgIpc) is 3.23. The van der Waals surface area contributed by atoms with Crippen LogP contribution in [0.25, 0.3) is 0 Å². The number of pyridine rings is 1. The van der Waals surface area contributed by atoms with Gasteiger partial charge in [-0.05, 0) is 43.4 Å². The van der Waals surface area contributed by atoms with Crippen LogP contribution in [0.5, 0.6) is 0 Å². The highest BCUT2D eigenvalue weighted by Crippen LogP contribution is 2.48. The van der Waals surface area contributed by atoms with Gasteiger partial charge in [-0.15, -0.1) is 0 Å². The zero-order valence-electron chi connectivity index (χ0n) is 14.9. The molecule has 0 spiro atoms. The van der Waals surface area contributed by atoms with Gasteiger partial charge in [0.25, 0.3) is 0 Å². The van der Waals surface area contributed by atoms with Crippen molar-refractivity contribution in [1.82, 2.24) is 14.6 Å². The van der Waals surface area contributed by atoms with E-state index in [1.807, 2.05) is 12.1 Å². The van der Waals surface area contributed by atoms with E-state index in [9.17, 15) is 13.2 Å². The molecule has 0 saturated carbocycles. The van der Waals surface area contributed by atoms with Crippen molar-refractivity contribution in [2.45, 2.75) is 49.9 Å². The van der Waals surface area contributed by atoms with Crippen LogP contribution in [0.4, 0.5) is 0 Å². The van der Waals surface area contributed by atoms with E-state index in [4.69, 9.17) is 4.74 Å². The van der Waals surface area contributed by atoms with Crippen molar-refractivity contribution in [2.75, 3.05) is 19.3 Å². The van der Waals surface area contributed by atoms with Crippen molar-refractivity contribution < 1.29 is 17.9 Å². The Balaban J connectivity index is 1.43. The molecule has 1 N–H and O–H groups in total. The Labute approximate surface area is 154 Å². The lowest BCUT2D eigenvalue weighted by molar-refractivity contribution is -0.127. The van der Waals surface area contributed by atoms with Crippen LogP contribution in [0.2, 0.25) is 0 Å². The normalized spacial score (nSPS) is 32.7. The molecule has 1 aromatic heterocycles. The summed E-state index contributed by atoms with van der Waals surface area (Å²) in [6, 6.07) is 3.97. The maximum Gasteiger partial charge on any atom is 0.226 e. The third-order valence-electron chi connectivity index (χ3n) is 5.94. The van der Waals surface area contributed by atoms with E-state index in [-0.39, 0.29) is 36.0 Å². The maximum absolute atomic E-state index is 13.0. The van der Waals surface area contributed by atoms with Gasteiger partial charge in [-0.2, -0.15) is 0 Å². The van der Waals surface area contributed by atoms with Crippen LogP contribution in [-0.2, 0) is 19.6 Å². The van der Waals surface area contributed by atoms with Crippen molar-refractivity contribution in [3.63, 3.8) is 0 Å². The number of sulfonamides is 1. The summed E-state index contributed by atoms with van der Waals surface area (Å²) in [5.41, 5.74) is 1.11. The van der Waals surface area contributed by atoms with Gasteiger partial charge in [0.15, 0.2) is 0 Å². The molecule has 142 valence electrons. The standard InChI is InChI=1S/C18H25N3O4S/c1-26(23,24)21-10-6-13(7-11-21)20-18(22)17-15-3-2-14(25-15)16(17)12-4-8-19-9-5-12/h4-5,8-9,13-17H,2-3,6-7,10-11H2,1H3,(H,20,22)/t14-,15+,16+,17+/m0/s1. The van der Waals surface area contributed by atoms with Gasteiger partial charge in [0.05, 0.1) is 24.4 Å². The predicted octanol–water partition coefficient (Wildman–Crippen LogP) is 0.883. The highest BCUT2D eigenvalue weighted by atomic mass is 32.2. The molecule has 3 aliphatic heterocycles. The third-order valence-corrected chi connectivity index (χ3v) is 7.24. The number of ether oxygens (including phenoxy) is 1. The number of piperidine rings is 1. The van der Waals surface area contributed by atoms with Gasteiger partial charge >= 0.3 is 0 Å². The van der Waals surface area contributed by atoms with Gasteiger partial charge in [0.1, 0.15) is 0 Å². The largest absolute Gasteiger partial charge is 0.373 e. The topological polar surface area (TPSA) is 88.6 Å². The molecule has 3 fully saturated rings. The predicted molar refractivity (Wildman–Crippen MR) is 95.9 cm³/mol. The quantitative estimate of drug-likeness (QED) is 0.839. The highest BCUT2D eigenvalue weighted by molar-refractivity contribution is 7.88. The molecule has 4 rings (SSSR count). The molecule has 3 aliphatic rings. The average molecular weight is 379 g/mol. The minimum Gasteiger partial charge on any atom is -0.373 e. The Morgan fingerprint density at radius 1 is 1.15 bits per heavy atom. The lowest BCUT2D eigenvalue weighted by Crippen LogP contribution is -2.49. The Bertz CT molecular complexity index is 762. The number of rotatable bonds is 4. The molecule has 4 atom stereocenters. The number of hydrogen-bond acceptors (Lipinski definition) is 5. The van der Waals surface area contributed by atoms with E-state index in [2.05, 4.69) is 10.3 Å². The molecule has 26 heavy (non-hydrogen) atoms. The van der Waals surface area contributed by atoms with Crippen LogP contribution in [0.1, 0.15) is 37.2 Å². The summed E-state index contributed by atoms with van der Waals surface area (Å²) in [7, 11) is -3.15. The molecule has 4 heterocycles. The van der Waals surface area contributed by atoms with Gasteiger partial charge < -0.3 is 10.1 Å². The number of nitrogens with zero attached hydrogens (tertiary/aromatic N) is 2. The molecule has 0 aromatic carbocycles. The first kappa shape index (κ1) is 17.9. The first-order valence-electron chi connectivity index (χ1n) is 9.24. The van der Waals surface area contributed by atoms with E-state index in [0.29, 0.717) is 25.9 Å². The van der Waals surface area contributed by atoms with Gasteiger partial charge in [0, 0.05) is 37.4 Å². The number of fused-ring (bicyclic) bond motifs is 2. The lowest BCUT2D eigenvalue weighted by Gasteiger charge is -2.33. The smallest absolute Gasteiger partial charge is 0.226 e. The van der Waals surface area contributed by atoms with Crippen LogP contribution in [0.15, 0.2) is 24.5 Å². The van der Waals surface area contributed by atoms with Crippen LogP contribution in [-0.4, -0.2) is 61.2 Å². The third kappa shape index (κ3) is 3.37. The molecule has 2 bridgehead atoms. The van der Waals surface area contributed by atoms with Crippen LogP contribution in [0, 0.1) is 5.92 Å².